The van der Waals surface area contributed by atoms with Crippen LogP contribution in [0.4, 0.5) is 0 Å². The lowest BCUT2D eigenvalue weighted by Crippen LogP contribution is -2.18. The van der Waals surface area contributed by atoms with Crippen LogP contribution in [0.3, 0.4) is 0 Å². The van der Waals surface area contributed by atoms with Crippen molar-refractivity contribution in [1.82, 2.24) is 5.32 Å². The maximum atomic E-state index is 2.99. The summed E-state index contributed by atoms with van der Waals surface area (Å²) in [6.45, 7) is 3.87. The van der Waals surface area contributed by atoms with Crippen LogP contribution in [0.5, 0.6) is 0 Å². The van der Waals surface area contributed by atoms with Crippen molar-refractivity contribution in [3.05, 3.63) is 0 Å². The number of hydrogen-bond acceptors (Lipinski definition) is 1. The SMILES string of the molecule is CC#CC(C)NC. The van der Waals surface area contributed by atoms with E-state index >= 15 is 0 Å². The van der Waals surface area contributed by atoms with Crippen molar-refractivity contribution in [2.45, 2.75) is 19.9 Å². The molecule has 7 heavy (non-hydrogen) atoms. The predicted molar refractivity (Wildman–Crippen MR) is 32.0 cm³/mol. The molecule has 0 aromatic carbocycles. The van der Waals surface area contributed by atoms with Crippen LogP contribution < -0.4 is 5.32 Å². The van der Waals surface area contributed by atoms with Crippen molar-refractivity contribution < 1.29 is 0 Å². The van der Waals surface area contributed by atoms with E-state index in [-0.39, 0.29) is 0 Å². The molecule has 1 heteroatoms. The van der Waals surface area contributed by atoms with Crippen LogP contribution in [0.25, 0.3) is 0 Å². The highest BCUT2D eigenvalue weighted by molar-refractivity contribution is 5.02. The zero-order valence-corrected chi connectivity index (χ0v) is 5.08. The van der Waals surface area contributed by atoms with Gasteiger partial charge in [0.15, 0.2) is 0 Å². The highest BCUT2D eigenvalue weighted by Gasteiger charge is 1.83. The van der Waals surface area contributed by atoms with E-state index in [1.807, 2.05) is 20.9 Å². The highest BCUT2D eigenvalue weighted by Crippen LogP contribution is 1.70. The highest BCUT2D eigenvalue weighted by atomic mass is 14.8. The van der Waals surface area contributed by atoms with Crippen LogP contribution in [0.15, 0.2) is 0 Å². The molecule has 1 nitrogen and oxygen atoms in total. The van der Waals surface area contributed by atoms with Gasteiger partial charge in [-0.25, -0.2) is 0 Å². The molecule has 0 aliphatic heterocycles. The van der Waals surface area contributed by atoms with Crippen LogP contribution in [0.2, 0.25) is 0 Å². The van der Waals surface area contributed by atoms with Crippen LogP contribution in [-0.2, 0) is 0 Å². The maximum Gasteiger partial charge on any atom is 0.0658 e. The first kappa shape index (κ1) is 6.52. The van der Waals surface area contributed by atoms with Gasteiger partial charge in [-0.3, -0.25) is 0 Å². The van der Waals surface area contributed by atoms with Gasteiger partial charge < -0.3 is 5.32 Å². The van der Waals surface area contributed by atoms with E-state index in [1.54, 1.807) is 0 Å². The predicted octanol–water partition coefficient (Wildman–Crippen LogP) is 0.618. The van der Waals surface area contributed by atoms with Gasteiger partial charge in [-0.2, -0.15) is 0 Å². The molecule has 0 aliphatic rings. The summed E-state index contributed by atoms with van der Waals surface area (Å²) < 4.78 is 0. The van der Waals surface area contributed by atoms with Crippen molar-refractivity contribution >= 4 is 0 Å². The zero-order valence-electron chi connectivity index (χ0n) is 5.08. The Balaban J connectivity index is 3.29. The third kappa shape index (κ3) is 3.35. The van der Waals surface area contributed by atoms with E-state index in [1.165, 1.54) is 0 Å². The number of nitrogens with one attached hydrogen (secondary N) is 1. The molecule has 0 aromatic heterocycles. The molecular formula is C6H11N. The third-order valence-electron chi connectivity index (χ3n) is 0.794. The van der Waals surface area contributed by atoms with Gasteiger partial charge in [0.25, 0.3) is 0 Å². The van der Waals surface area contributed by atoms with Gasteiger partial charge in [0.05, 0.1) is 6.04 Å². The van der Waals surface area contributed by atoms with Gasteiger partial charge in [0.1, 0.15) is 0 Å². The van der Waals surface area contributed by atoms with Gasteiger partial charge in [0.2, 0.25) is 0 Å². The molecule has 0 spiro atoms. The summed E-state index contributed by atoms with van der Waals surface area (Å²) in [7, 11) is 1.90. The number of rotatable bonds is 1. The summed E-state index contributed by atoms with van der Waals surface area (Å²) >= 11 is 0. The Morgan fingerprint density at radius 1 is 1.57 bits per heavy atom. The molecule has 0 amide bonds. The Bertz CT molecular complexity index is 86.1. The Morgan fingerprint density at radius 2 is 2.14 bits per heavy atom. The van der Waals surface area contributed by atoms with Gasteiger partial charge in [-0.05, 0) is 20.9 Å². The summed E-state index contributed by atoms with van der Waals surface area (Å²) in [5.41, 5.74) is 0. The van der Waals surface area contributed by atoms with Gasteiger partial charge in [-0.1, -0.05) is 5.92 Å². The van der Waals surface area contributed by atoms with Gasteiger partial charge >= 0.3 is 0 Å². The van der Waals surface area contributed by atoms with Crippen LogP contribution in [-0.4, -0.2) is 13.1 Å². The molecule has 0 saturated carbocycles. The lowest BCUT2D eigenvalue weighted by Gasteiger charge is -1.95. The largest absolute Gasteiger partial charge is 0.307 e. The molecule has 1 atom stereocenters. The van der Waals surface area contributed by atoms with Crippen molar-refractivity contribution in [3.63, 3.8) is 0 Å². The minimum atomic E-state index is 0.338. The smallest absolute Gasteiger partial charge is 0.0658 e. The van der Waals surface area contributed by atoms with E-state index in [4.69, 9.17) is 0 Å². The second kappa shape index (κ2) is 3.70. The van der Waals surface area contributed by atoms with Gasteiger partial charge in [-0.15, -0.1) is 5.92 Å². The summed E-state index contributed by atoms with van der Waals surface area (Å²) in [4.78, 5) is 0. The van der Waals surface area contributed by atoms with Crippen LogP contribution >= 0.6 is 0 Å². The van der Waals surface area contributed by atoms with E-state index in [0.717, 1.165) is 0 Å². The molecule has 0 bridgehead atoms. The minimum absolute atomic E-state index is 0.338. The molecule has 1 N–H and O–H groups in total. The third-order valence-corrected chi connectivity index (χ3v) is 0.794. The Labute approximate surface area is 45.1 Å². The molecule has 0 fully saturated rings. The molecule has 40 valence electrons. The molecule has 0 radical (unpaired) electrons. The lowest BCUT2D eigenvalue weighted by atomic mass is 10.3. The Morgan fingerprint density at radius 3 is 2.29 bits per heavy atom. The quantitative estimate of drug-likeness (QED) is 0.473. The average Bonchev–Trinajstić information content (AvgIpc) is 1.68. The molecule has 0 saturated heterocycles. The molecule has 0 heterocycles. The van der Waals surface area contributed by atoms with E-state index in [2.05, 4.69) is 17.2 Å². The second-order valence-electron chi connectivity index (χ2n) is 1.40. The first-order chi connectivity index (χ1) is 3.31. The van der Waals surface area contributed by atoms with Crippen molar-refractivity contribution in [3.8, 4) is 11.8 Å². The lowest BCUT2D eigenvalue weighted by molar-refractivity contribution is 0.749. The molecular weight excluding hydrogens is 86.1 g/mol. The summed E-state index contributed by atoms with van der Waals surface area (Å²) in [6, 6.07) is 0.338. The minimum Gasteiger partial charge on any atom is -0.307 e. The fourth-order valence-corrected chi connectivity index (χ4v) is 0.289. The molecule has 0 rings (SSSR count). The van der Waals surface area contributed by atoms with Crippen molar-refractivity contribution in [2.75, 3.05) is 7.05 Å². The van der Waals surface area contributed by atoms with Crippen LogP contribution in [0.1, 0.15) is 13.8 Å². The fraction of sp³-hybridized carbons (Fsp3) is 0.667. The second-order valence-corrected chi connectivity index (χ2v) is 1.40. The zero-order chi connectivity index (χ0) is 5.70. The topological polar surface area (TPSA) is 12.0 Å². The standard InChI is InChI=1S/C6H11N/c1-4-5-6(2)7-3/h6-7H,1-3H3. The Kier molecular flexibility index (Phi) is 3.45. The molecule has 0 aliphatic carbocycles. The maximum absolute atomic E-state index is 2.99. The molecule has 1 unspecified atom stereocenters. The van der Waals surface area contributed by atoms with E-state index in [9.17, 15) is 0 Å². The van der Waals surface area contributed by atoms with E-state index < -0.39 is 0 Å². The van der Waals surface area contributed by atoms with E-state index in [0.29, 0.717) is 6.04 Å². The number of hydrogen-bond donors (Lipinski definition) is 1. The van der Waals surface area contributed by atoms with Gasteiger partial charge in [0, 0.05) is 0 Å². The summed E-state index contributed by atoms with van der Waals surface area (Å²) in [6.07, 6.45) is 0. The fourth-order valence-electron chi connectivity index (χ4n) is 0.289. The summed E-state index contributed by atoms with van der Waals surface area (Å²) in [5.74, 6) is 5.74. The average molecular weight is 97.2 g/mol. The summed E-state index contributed by atoms with van der Waals surface area (Å²) in [5, 5.41) is 2.99. The van der Waals surface area contributed by atoms with Crippen molar-refractivity contribution in [2.24, 2.45) is 0 Å². The Hall–Kier alpha value is -0.480. The first-order valence-corrected chi connectivity index (χ1v) is 2.40. The monoisotopic (exact) mass is 97.1 g/mol. The normalized spacial score (nSPS) is 11.9. The van der Waals surface area contributed by atoms with Crippen molar-refractivity contribution in [1.29, 1.82) is 0 Å². The van der Waals surface area contributed by atoms with Crippen LogP contribution in [0, 0.1) is 11.8 Å². The molecule has 0 aromatic rings. The first-order valence-electron chi connectivity index (χ1n) is 2.40.